The summed E-state index contributed by atoms with van der Waals surface area (Å²) < 4.78 is 5.94. The molecule has 20 heavy (non-hydrogen) atoms. The van der Waals surface area contributed by atoms with Gasteiger partial charge in [-0.1, -0.05) is 35.9 Å². The topological polar surface area (TPSA) is 13.6 Å². The van der Waals surface area contributed by atoms with Crippen LogP contribution in [0.15, 0.2) is 48.5 Å². The fourth-order valence-corrected chi connectivity index (χ4v) is 2.85. The van der Waals surface area contributed by atoms with Crippen LogP contribution in [-0.2, 0) is 0 Å². The van der Waals surface area contributed by atoms with E-state index in [2.05, 4.69) is 4.85 Å². The third-order valence-corrected chi connectivity index (χ3v) is 3.79. The van der Waals surface area contributed by atoms with Gasteiger partial charge in [0, 0.05) is 22.0 Å². The summed E-state index contributed by atoms with van der Waals surface area (Å²) in [6.45, 7) is 7.28. The average Bonchev–Trinajstić information content (AvgIpc) is 2.47. The maximum atomic E-state index is 7.28. The minimum atomic E-state index is 0.645. The van der Waals surface area contributed by atoms with E-state index in [0.717, 1.165) is 33.4 Å². The second kappa shape index (κ2) is 4.00. The first-order chi connectivity index (χ1) is 9.78. The normalized spacial score (nSPS) is 11.6. The van der Waals surface area contributed by atoms with Gasteiger partial charge in [-0.2, -0.15) is 0 Å². The van der Waals surface area contributed by atoms with Crippen LogP contribution in [0.1, 0.15) is 0 Å². The van der Waals surface area contributed by atoms with Crippen LogP contribution in [0, 0.1) is 6.57 Å². The zero-order chi connectivity index (χ0) is 13.7. The number of ether oxygens (including phenoxy) is 1. The van der Waals surface area contributed by atoms with Gasteiger partial charge < -0.3 is 4.74 Å². The van der Waals surface area contributed by atoms with Gasteiger partial charge in [-0.05, 0) is 29.1 Å². The molecule has 0 N–H and O–H groups in total. The number of rotatable bonds is 0. The average molecular weight is 278 g/mol. The SMILES string of the molecule is [C-]#[N+]c1ccc2c3c(cccc13)Oc1cc(Cl)ccc1-2. The van der Waals surface area contributed by atoms with E-state index >= 15 is 0 Å². The Morgan fingerprint density at radius 1 is 0.950 bits per heavy atom. The minimum Gasteiger partial charge on any atom is -0.456 e. The maximum Gasteiger partial charge on any atom is 0.195 e. The molecule has 1 aliphatic rings. The van der Waals surface area contributed by atoms with Crippen molar-refractivity contribution < 1.29 is 4.74 Å². The summed E-state index contributed by atoms with van der Waals surface area (Å²) in [5, 5.41) is 2.57. The van der Waals surface area contributed by atoms with Crippen molar-refractivity contribution in [1.29, 1.82) is 0 Å². The third kappa shape index (κ3) is 1.44. The van der Waals surface area contributed by atoms with Gasteiger partial charge in [0.2, 0.25) is 0 Å². The molecular formula is C17H8ClNO. The van der Waals surface area contributed by atoms with Crippen LogP contribution in [0.4, 0.5) is 5.69 Å². The Kier molecular flexibility index (Phi) is 2.26. The Balaban J connectivity index is 2.17. The van der Waals surface area contributed by atoms with Crippen molar-refractivity contribution in [3.63, 3.8) is 0 Å². The lowest BCUT2D eigenvalue weighted by Gasteiger charge is -2.21. The van der Waals surface area contributed by atoms with E-state index in [4.69, 9.17) is 22.9 Å². The molecule has 0 radical (unpaired) electrons. The molecule has 1 aliphatic heterocycles. The molecule has 3 aromatic carbocycles. The van der Waals surface area contributed by atoms with E-state index in [-0.39, 0.29) is 0 Å². The monoisotopic (exact) mass is 277 g/mol. The fourth-order valence-electron chi connectivity index (χ4n) is 2.69. The molecule has 0 amide bonds. The summed E-state index contributed by atoms with van der Waals surface area (Å²) >= 11 is 6.03. The van der Waals surface area contributed by atoms with E-state index in [1.54, 1.807) is 0 Å². The number of halogens is 1. The first-order valence-electron chi connectivity index (χ1n) is 6.19. The summed E-state index contributed by atoms with van der Waals surface area (Å²) in [4.78, 5) is 3.58. The van der Waals surface area contributed by atoms with E-state index in [1.165, 1.54) is 0 Å². The number of nitrogens with zero attached hydrogens (tertiary/aromatic N) is 1. The number of fused-ring (bicyclic) bond motifs is 2. The predicted molar refractivity (Wildman–Crippen MR) is 80.7 cm³/mol. The van der Waals surface area contributed by atoms with Crippen molar-refractivity contribution >= 4 is 28.1 Å². The highest BCUT2D eigenvalue weighted by Crippen LogP contribution is 2.48. The zero-order valence-electron chi connectivity index (χ0n) is 10.4. The molecule has 0 spiro atoms. The Morgan fingerprint density at radius 3 is 2.65 bits per heavy atom. The Hall–Kier alpha value is -2.50. The molecule has 2 nitrogen and oxygen atoms in total. The van der Waals surface area contributed by atoms with Crippen molar-refractivity contribution in [2.45, 2.75) is 0 Å². The molecular weight excluding hydrogens is 270 g/mol. The van der Waals surface area contributed by atoms with Gasteiger partial charge in [-0.15, -0.1) is 0 Å². The van der Waals surface area contributed by atoms with Gasteiger partial charge in [0.05, 0.1) is 6.57 Å². The van der Waals surface area contributed by atoms with E-state index in [1.807, 2.05) is 48.5 Å². The predicted octanol–water partition coefficient (Wildman–Crippen LogP) is 5.82. The molecule has 0 fully saturated rings. The second-order valence-electron chi connectivity index (χ2n) is 4.67. The molecule has 94 valence electrons. The Morgan fingerprint density at radius 2 is 1.80 bits per heavy atom. The molecule has 1 heterocycles. The van der Waals surface area contributed by atoms with E-state index in [9.17, 15) is 0 Å². The van der Waals surface area contributed by atoms with Crippen molar-refractivity contribution in [2.24, 2.45) is 0 Å². The highest BCUT2D eigenvalue weighted by Gasteiger charge is 2.20. The van der Waals surface area contributed by atoms with Gasteiger partial charge in [-0.25, -0.2) is 4.85 Å². The second-order valence-corrected chi connectivity index (χ2v) is 5.10. The summed E-state index contributed by atoms with van der Waals surface area (Å²) in [6, 6.07) is 15.3. The molecule has 0 aromatic heterocycles. The first-order valence-corrected chi connectivity index (χ1v) is 6.57. The fraction of sp³-hybridized carbons (Fsp3) is 0. The highest BCUT2D eigenvalue weighted by atomic mass is 35.5. The highest BCUT2D eigenvalue weighted by molar-refractivity contribution is 6.31. The molecule has 0 atom stereocenters. The van der Waals surface area contributed by atoms with E-state index in [0.29, 0.717) is 10.7 Å². The first kappa shape index (κ1) is 11.3. The Labute approximate surface area is 121 Å². The van der Waals surface area contributed by atoms with Crippen LogP contribution in [0.5, 0.6) is 11.5 Å². The van der Waals surface area contributed by atoms with Gasteiger partial charge >= 0.3 is 0 Å². The molecule has 3 heteroatoms. The van der Waals surface area contributed by atoms with Gasteiger partial charge in [0.25, 0.3) is 0 Å². The van der Waals surface area contributed by atoms with Crippen LogP contribution >= 0.6 is 11.6 Å². The van der Waals surface area contributed by atoms with Crippen molar-refractivity contribution in [3.8, 4) is 22.6 Å². The van der Waals surface area contributed by atoms with Crippen molar-refractivity contribution in [1.82, 2.24) is 0 Å². The van der Waals surface area contributed by atoms with Crippen LogP contribution in [0.2, 0.25) is 5.02 Å². The number of hydrogen-bond acceptors (Lipinski definition) is 1. The lowest BCUT2D eigenvalue weighted by Crippen LogP contribution is -1.96. The van der Waals surface area contributed by atoms with Crippen molar-refractivity contribution in [3.05, 3.63) is 65.0 Å². The largest absolute Gasteiger partial charge is 0.456 e. The molecule has 0 aliphatic carbocycles. The standard InChI is InChI=1S/C17H8ClNO/c1-19-14-8-7-12-11-6-5-10(18)9-16(11)20-15-4-2-3-13(14)17(12)15/h2-9H. The Bertz CT molecular complexity index is 909. The zero-order valence-corrected chi connectivity index (χ0v) is 11.1. The summed E-state index contributed by atoms with van der Waals surface area (Å²) in [5.41, 5.74) is 2.74. The minimum absolute atomic E-state index is 0.645. The smallest absolute Gasteiger partial charge is 0.195 e. The lowest BCUT2D eigenvalue weighted by molar-refractivity contribution is 0.487. The van der Waals surface area contributed by atoms with Crippen LogP contribution < -0.4 is 4.74 Å². The van der Waals surface area contributed by atoms with Crippen LogP contribution in [0.25, 0.3) is 26.7 Å². The van der Waals surface area contributed by atoms with Gasteiger partial charge in [0.1, 0.15) is 11.5 Å². The molecule has 0 bridgehead atoms. The van der Waals surface area contributed by atoms with Gasteiger partial charge in [0.15, 0.2) is 5.69 Å². The molecule has 0 unspecified atom stereocenters. The summed E-state index contributed by atoms with van der Waals surface area (Å²) in [7, 11) is 0. The summed E-state index contributed by atoms with van der Waals surface area (Å²) in [5.74, 6) is 1.53. The molecule has 4 rings (SSSR count). The molecule has 3 aromatic rings. The number of benzene rings is 3. The van der Waals surface area contributed by atoms with Crippen LogP contribution in [0.3, 0.4) is 0 Å². The molecule has 0 saturated carbocycles. The summed E-state index contributed by atoms with van der Waals surface area (Å²) in [6.07, 6.45) is 0. The molecule has 0 saturated heterocycles. The van der Waals surface area contributed by atoms with Gasteiger partial charge in [-0.3, -0.25) is 0 Å². The lowest BCUT2D eigenvalue weighted by atomic mass is 9.94. The number of hydrogen-bond donors (Lipinski definition) is 0. The van der Waals surface area contributed by atoms with Crippen molar-refractivity contribution in [2.75, 3.05) is 0 Å². The quantitative estimate of drug-likeness (QED) is 0.369. The van der Waals surface area contributed by atoms with Crippen LogP contribution in [-0.4, -0.2) is 0 Å². The maximum absolute atomic E-state index is 7.28. The van der Waals surface area contributed by atoms with E-state index < -0.39 is 0 Å². The third-order valence-electron chi connectivity index (χ3n) is 3.55.